The number of morpholine rings is 1. The SMILES string of the molecule is COc1ccc(/C=C/C(=O)N2CCc3cc(S(=O)(=O)N4CCOCC4)ccc32)cc1OC. The van der Waals surface area contributed by atoms with Crippen LogP contribution in [0.1, 0.15) is 11.1 Å². The summed E-state index contributed by atoms with van der Waals surface area (Å²) in [7, 11) is -0.437. The number of nitrogens with zero attached hydrogens (tertiary/aromatic N) is 2. The first kappa shape index (κ1) is 22.3. The molecule has 8 nitrogen and oxygen atoms in total. The highest BCUT2D eigenvalue weighted by atomic mass is 32.2. The number of benzene rings is 2. The van der Waals surface area contributed by atoms with E-state index in [-0.39, 0.29) is 10.8 Å². The van der Waals surface area contributed by atoms with E-state index in [9.17, 15) is 13.2 Å². The summed E-state index contributed by atoms with van der Waals surface area (Å²) in [5, 5.41) is 0. The van der Waals surface area contributed by atoms with Gasteiger partial charge in [0.25, 0.3) is 5.91 Å². The zero-order valence-corrected chi connectivity index (χ0v) is 18.9. The second-order valence-electron chi connectivity index (χ2n) is 7.49. The van der Waals surface area contributed by atoms with Crippen molar-refractivity contribution in [3.05, 3.63) is 53.6 Å². The molecule has 0 atom stereocenters. The fourth-order valence-electron chi connectivity index (χ4n) is 3.92. The van der Waals surface area contributed by atoms with Gasteiger partial charge in [-0.25, -0.2) is 8.42 Å². The van der Waals surface area contributed by atoms with Crippen LogP contribution in [0.2, 0.25) is 0 Å². The third kappa shape index (κ3) is 4.36. The van der Waals surface area contributed by atoms with Crippen molar-refractivity contribution in [3.8, 4) is 11.5 Å². The lowest BCUT2D eigenvalue weighted by atomic mass is 10.1. The van der Waals surface area contributed by atoms with Crippen molar-refractivity contribution in [2.24, 2.45) is 0 Å². The molecule has 9 heteroatoms. The van der Waals surface area contributed by atoms with Gasteiger partial charge in [0.05, 0.1) is 32.3 Å². The Morgan fingerprint density at radius 1 is 1.00 bits per heavy atom. The molecule has 170 valence electrons. The van der Waals surface area contributed by atoms with E-state index >= 15 is 0 Å². The van der Waals surface area contributed by atoms with Gasteiger partial charge < -0.3 is 19.1 Å². The molecular weight excluding hydrogens is 432 g/mol. The van der Waals surface area contributed by atoms with Crippen molar-refractivity contribution in [3.63, 3.8) is 0 Å². The van der Waals surface area contributed by atoms with Crippen LogP contribution >= 0.6 is 0 Å². The number of methoxy groups -OCH3 is 2. The van der Waals surface area contributed by atoms with Gasteiger partial charge in [0.1, 0.15) is 0 Å². The fourth-order valence-corrected chi connectivity index (χ4v) is 5.38. The monoisotopic (exact) mass is 458 g/mol. The minimum atomic E-state index is -3.57. The van der Waals surface area contributed by atoms with Crippen molar-refractivity contribution in [2.45, 2.75) is 11.3 Å². The Hall–Kier alpha value is -2.88. The third-order valence-corrected chi connectivity index (χ3v) is 7.54. The molecule has 1 fully saturated rings. The van der Waals surface area contributed by atoms with Gasteiger partial charge in [-0.15, -0.1) is 0 Å². The summed E-state index contributed by atoms with van der Waals surface area (Å²) in [5.74, 6) is 1.04. The Balaban J connectivity index is 1.51. The van der Waals surface area contributed by atoms with Crippen molar-refractivity contribution in [1.82, 2.24) is 4.31 Å². The van der Waals surface area contributed by atoms with Gasteiger partial charge in [0, 0.05) is 31.4 Å². The average Bonchev–Trinajstić information content (AvgIpc) is 3.26. The zero-order valence-electron chi connectivity index (χ0n) is 18.1. The number of carbonyl (C=O) groups excluding carboxylic acids is 1. The quantitative estimate of drug-likeness (QED) is 0.618. The maximum Gasteiger partial charge on any atom is 0.251 e. The summed E-state index contributed by atoms with van der Waals surface area (Å²) in [6.07, 6.45) is 3.84. The Labute approximate surface area is 188 Å². The van der Waals surface area contributed by atoms with Gasteiger partial charge in [-0.3, -0.25) is 4.79 Å². The molecule has 0 saturated carbocycles. The van der Waals surface area contributed by atoms with Gasteiger partial charge in [0.2, 0.25) is 10.0 Å². The molecule has 0 N–H and O–H groups in total. The summed E-state index contributed by atoms with van der Waals surface area (Å²) in [5.41, 5.74) is 2.41. The first-order valence-electron chi connectivity index (χ1n) is 10.4. The largest absolute Gasteiger partial charge is 0.493 e. The number of ether oxygens (including phenoxy) is 3. The summed E-state index contributed by atoms with van der Waals surface area (Å²) in [6.45, 7) is 2.01. The van der Waals surface area contributed by atoms with Crippen molar-refractivity contribution in [2.75, 3.05) is 52.0 Å². The molecule has 0 unspecified atom stereocenters. The number of anilines is 1. The van der Waals surface area contributed by atoms with Crippen LogP contribution in [-0.2, 0) is 26.0 Å². The number of fused-ring (bicyclic) bond motifs is 1. The maximum absolute atomic E-state index is 12.9. The molecular formula is C23H26N2O6S. The molecule has 0 bridgehead atoms. The highest BCUT2D eigenvalue weighted by Crippen LogP contribution is 2.32. The standard InChI is InChI=1S/C23H26N2O6S/c1-29-21-7-3-17(15-22(21)30-2)4-8-23(26)25-10-9-18-16-19(5-6-20(18)25)32(27,28)24-11-13-31-14-12-24/h3-8,15-16H,9-14H2,1-2H3/b8-4+. The molecule has 1 amide bonds. The second-order valence-corrected chi connectivity index (χ2v) is 9.43. The molecule has 2 aliphatic heterocycles. The highest BCUT2D eigenvalue weighted by Gasteiger charge is 2.29. The number of amides is 1. The van der Waals surface area contributed by atoms with E-state index in [4.69, 9.17) is 14.2 Å². The van der Waals surface area contributed by atoms with E-state index in [1.165, 1.54) is 10.4 Å². The van der Waals surface area contributed by atoms with Crippen molar-refractivity contribution >= 4 is 27.7 Å². The molecule has 0 aliphatic carbocycles. The lowest BCUT2D eigenvalue weighted by molar-refractivity contribution is -0.114. The average molecular weight is 459 g/mol. The number of hydrogen-bond acceptors (Lipinski definition) is 6. The maximum atomic E-state index is 12.9. The van der Waals surface area contributed by atoms with Gasteiger partial charge in [-0.2, -0.15) is 4.31 Å². The van der Waals surface area contributed by atoms with Crippen molar-refractivity contribution < 1.29 is 27.4 Å². The molecule has 0 spiro atoms. The first-order chi connectivity index (χ1) is 15.4. The second kappa shape index (κ2) is 9.32. The molecule has 0 aromatic heterocycles. The van der Waals surface area contributed by atoms with Crippen LogP contribution in [0, 0.1) is 0 Å². The number of sulfonamides is 1. The Bertz CT molecular complexity index is 1140. The predicted molar refractivity (Wildman–Crippen MR) is 121 cm³/mol. The van der Waals surface area contributed by atoms with Crippen LogP contribution < -0.4 is 14.4 Å². The molecule has 2 aromatic carbocycles. The summed E-state index contributed by atoms with van der Waals surface area (Å²) in [6, 6.07) is 10.4. The summed E-state index contributed by atoms with van der Waals surface area (Å²) < 4.78 is 43.1. The van der Waals surface area contributed by atoms with Crippen molar-refractivity contribution in [1.29, 1.82) is 0 Å². The van der Waals surface area contributed by atoms with Gasteiger partial charge in [-0.1, -0.05) is 6.07 Å². The molecule has 2 aromatic rings. The normalized spacial score (nSPS) is 16.9. The van der Waals surface area contributed by atoms with Crippen LogP contribution in [0.25, 0.3) is 6.08 Å². The summed E-state index contributed by atoms with van der Waals surface area (Å²) in [4.78, 5) is 14.8. The molecule has 0 radical (unpaired) electrons. The minimum absolute atomic E-state index is 0.165. The van der Waals surface area contributed by atoms with E-state index in [0.717, 1.165) is 16.8 Å². The van der Waals surface area contributed by atoms with Crippen LogP contribution in [0.4, 0.5) is 5.69 Å². The van der Waals surface area contributed by atoms with Crippen LogP contribution in [0.15, 0.2) is 47.4 Å². The number of hydrogen-bond donors (Lipinski definition) is 0. The smallest absolute Gasteiger partial charge is 0.251 e. The van der Waals surface area contributed by atoms with E-state index < -0.39 is 10.0 Å². The van der Waals surface area contributed by atoms with E-state index in [1.807, 2.05) is 6.07 Å². The summed E-state index contributed by atoms with van der Waals surface area (Å²) >= 11 is 0. The molecule has 32 heavy (non-hydrogen) atoms. The zero-order chi connectivity index (χ0) is 22.7. The topological polar surface area (TPSA) is 85.4 Å². The third-order valence-electron chi connectivity index (χ3n) is 5.65. The van der Waals surface area contributed by atoms with Crippen LogP contribution in [-0.4, -0.2) is 65.7 Å². The number of carbonyl (C=O) groups is 1. The first-order valence-corrected chi connectivity index (χ1v) is 11.8. The van der Waals surface area contributed by atoms with E-state index in [0.29, 0.717) is 50.8 Å². The van der Waals surface area contributed by atoms with E-state index in [2.05, 4.69) is 0 Å². The Kier molecular flexibility index (Phi) is 6.50. The fraction of sp³-hybridized carbons (Fsp3) is 0.348. The molecule has 2 aliphatic rings. The molecule has 2 heterocycles. The molecule has 4 rings (SSSR count). The minimum Gasteiger partial charge on any atom is -0.493 e. The van der Waals surface area contributed by atoms with Gasteiger partial charge in [-0.05, 0) is 54.0 Å². The predicted octanol–water partition coefficient (Wildman–Crippen LogP) is 2.33. The lowest BCUT2D eigenvalue weighted by Crippen LogP contribution is -2.40. The van der Waals surface area contributed by atoms with Gasteiger partial charge >= 0.3 is 0 Å². The van der Waals surface area contributed by atoms with E-state index in [1.54, 1.807) is 55.5 Å². The molecule has 1 saturated heterocycles. The Morgan fingerprint density at radius 3 is 2.47 bits per heavy atom. The Morgan fingerprint density at radius 2 is 1.75 bits per heavy atom. The highest BCUT2D eigenvalue weighted by molar-refractivity contribution is 7.89. The van der Waals surface area contributed by atoms with Crippen LogP contribution in [0.5, 0.6) is 11.5 Å². The lowest BCUT2D eigenvalue weighted by Gasteiger charge is -2.26. The number of rotatable bonds is 6. The van der Waals surface area contributed by atoms with Crippen LogP contribution in [0.3, 0.4) is 0 Å². The van der Waals surface area contributed by atoms with Gasteiger partial charge in [0.15, 0.2) is 11.5 Å².